The van der Waals surface area contributed by atoms with E-state index >= 15 is 0 Å². The van der Waals surface area contributed by atoms with Gasteiger partial charge in [0.1, 0.15) is 5.75 Å². The van der Waals surface area contributed by atoms with E-state index in [0.29, 0.717) is 19.5 Å². The fourth-order valence-corrected chi connectivity index (χ4v) is 4.41. The summed E-state index contributed by atoms with van der Waals surface area (Å²) in [4.78, 5) is 22.1. The number of carbonyl (C=O) groups is 1. The molecule has 1 aromatic heterocycles. The van der Waals surface area contributed by atoms with Crippen LogP contribution in [0.4, 0.5) is 5.95 Å². The van der Waals surface area contributed by atoms with E-state index in [2.05, 4.69) is 51.9 Å². The quantitative estimate of drug-likeness (QED) is 0.455. The molecule has 0 radical (unpaired) electrons. The molecule has 6 heteroatoms. The minimum atomic E-state index is 0.164. The predicted octanol–water partition coefficient (Wildman–Crippen LogP) is 3.98. The zero-order valence-electron chi connectivity index (χ0n) is 18.9. The Balaban J connectivity index is 1.30. The molecule has 33 heavy (non-hydrogen) atoms. The maximum absolute atomic E-state index is 12.9. The summed E-state index contributed by atoms with van der Waals surface area (Å²) in [5.74, 6) is 1.94. The molecule has 1 saturated heterocycles. The van der Waals surface area contributed by atoms with Gasteiger partial charge in [0.25, 0.3) is 0 Å². The lowest BCUT2D eigenvalue weighted by Gasteiger charge is -2.35. The first-order chi connectivity index (χ1) is 16.2. The van der Waals surface area contributed by atoms with E-state index in [1.165, 1.54) is 5.56 Å². The summed E-state index contributed by atoms with van der Waals surface area (Å²) in [5, 5.41) is 0. The Morgan fingerprint density at radius 2 is 1.55 bits per heavy atom. The van der Waals surface area contributed by atoms with E-state index in [0.717, 1.165) is 47.9 Å². The second-order valence-corrected chi connectivity index (χ2v) is 8.36. The van der Waals surface area contributed by atoms with E-state index in [4.69, 9.17) is 9.72 Å². The summed E-state index contributed by atoms with van der Waals surface area (Å²) in [7, 11) is 1.65. The van der Waals surface area contributed by atoms with E-state index in [1.807, 2.05) is 41.3 Å². The first-order valence-corrected chi connectivity index (χ1v) is 11.4. The van der Waals surface area contributed by atoms with Gasteiger partial charge in [-0.15, -0.1) is 0 Å². The molecule has 0 saturated carbocycles. The lowest BCUT2D eigenvalue weighted by atomic mass is 10.1. The van der Waals surface area contributed by atoms with Crippen molar-refractivity contribution in [3.05, 3.63) is 90.0 Å². The summed E-state index contributed by atoms with van der Waals surface area (Å²) in [6, 6.07) is 26.5. The van der Waals surface area contributed by atoms with Crippen LogP contribution in [-0.4, -0.2) is 53.6 Å². The molecule has 4 aromatic rings. The summed E-state index contributed by atoms with van der Waals surface area (Å²) in [6.45, 7) is 3.71. The first kappa shape index (κ1) is 21.1. The minimum absolute atomic E-state index is 0.164. The van der Waals surface area contributed by atoms with Crippen LogP contribution in [0.25, 0.3) is 11.0 Å². The number of methoxy groups -OCH3 is 1. The Kier molecular flexibility index (Phi) is 5.98. The van der Waals surface area contributed by atoms with Crippen molar-refractivity contribution in [2.24, 2.45) is 0 Å². The van der Waals surface area contributed by atoms with Gasteiger partial charge in [0.2, 0.25) is 11.9 Å². The van der Waals surface area contributed by atoms with Crippen LogP contribution in [0.2, 0.25) is 0 Å². The third kappa shape index (κ3) is 4.55. The number of carbonyl (C=O) groups excluding carboxylic acids is 1. The van der Waals surface area contributed by atoms with Gasteiger partial charge in [-0.2, -0.15) is 0 Å². The number of piperazine rings is 1. The molecule has 1 fully saturated rings. The number of nitrogens with zero attached hydrogens (tertiary/aromatic N) is 4. The van der Waals surface area contributed by atoms with Crippen molar-refractivity contribution in [1.82, 2.24) is 14.5 Å². The van der Waals surface area contributed by atoms with Crippen LogP contribution in [0.5, 0.6) is 5.75 Å². The summed E-state index contributed by atoms with van der Waals surface area (Å²) >= 11 is 0. The number of imidazole rings is 1. The Hall–Kier alpha value is -3.80. The van der Waals surface area contributed by atoms with Gasteiger partial charge in [-0.3, -0.25) is 4.79 Å². The molecule has 0 N–H and O–H groups in total. The molecule has 0 unspecified atom stereocenters. The Morgan fingerprint density at radius 3 is 2.27 bits per heavy atom. The largest absolute Gasteiger partial charge is 0.497 e. The van der Waals surface area contributed by atoms with Gasteiger partial charge in [0.15, 0.2) is 0 Å². The predicted molar refractivity (Wildman–Crippen MR) is 131 cm³/mol. The highest BCUT2D eigenvalue weighted by atomic mass is 16.5. The fraction of sp³-hybridized carbons (Fsp3) is 0.259. The van der Waals surface area contributed by atoms with Crippen LogP contribution in [0.1, 0.15) is 11.1 Å². The van der Waals surface area contributed by atoms with Crippen LogP contribution in [0.3, 0.4) is 0 Å². The number of para-hydroxylation sites is 2. The molecule has 2 heterocycles. The maximum Gasteiger partial charge on any atom is 0.227 e. The standard InChI is InChI=1S/C27H28N4O2/c1-33-23-13-11-21(12-14-23)19-26(32)29-15-17-30(18-16-29)27-28-24-9-5-6-10-25(24)31(27)20-22-7-3-2-4-8-22/h2-14H,15-20H2,1H3. The Morgan fingerprint density at radius 1 is 0.848 bits per heavy atom. The molecule has 6 nitrogen and oxygen atoms in total. The molecule has 1 aliphatic heterocycles. The smallest absolute Gasteiger partial charge is 0.227 e. The molecule has 168 valence electrons. The lowest BCUT2D eigenvalue weighted by molar-refractivity contribution is -0.130. The number of aromatic nitrogens is 2. The van der Waals surface area contributed by atoms with Crippen molar-refractivity contribution in [2.75, 3.05) is 38.2 Å². The summed E-state index contributed by atoms with van der Waals surface area (Å²) in [5.41, 5.74) is 4.39. The zero-order valence-corrected chi connectivity index (χ0v) is 18.9. The number of hydrogen-bond donors (Lipinski definition) is 0. The minimum Gasteiger partial charge on any atom is -0.497 e. The molecule has 3 aromatic carbocycles. The number of fused-ring (bicyclic) bond motifs is 1. The molecule has 0 bridgehead atoms. The van der Waals surface area contributed by atoms with Crippen molar-refractivity contribution in [3.63, 3.8) is 0 Å². The molecule has 0 spiro atoms. The molecule has 0 aliphatic carbocycles. The molecular formula is C27H28N4O2. The van der Waals surface area contributed by atoms with E-state index in [9.17, 15) is 4.79 Å². The first-order valence-electron chi connectivity index (χ1n) is 11.4. The maximum atomic E-state index is 12.9. The normalized spacial score (nSPS) is 14.0. The van der Waals surface area contributed by atoms with Crippen LogP contribution < -0.4 is 9.64 Å². The highest BCUT2D eigenvalue weighted by Gasteiger charge is 2.25. The van der Waals surface area contributed by atoms with Crippen LogP contribution >= 0.6 is 0 Å². The monoisotopic (exact) mass is 440 g/mol. The van der Waals surface area contributed by atoms with E-state index in [1.54, 1.807) is 7.11 Å². The summed E-state index contributed by atoms with van der Waals surface area (Å²) < 4.78 is 7.50. The number of amides is 1. The lowest BCUT2D eigenvalue weighted by Crippen LogP contribution is -2.50. The number of hydrogen-bond acceptors (Lipinski definition) is 4. The van der Waals surface area contributed by atoms with Crippen molar-refractivity contribution >= 4 is 22.9 Å². The van der Waals surface area contributed by atoms with Gasteiger partial charge in [-0.1, -0.05) is 54.6 Å². The number of rotatable bonds is 6. The average Bonchev–Trinajstić information content (AvgIpc) is 3.23. The topological polar surface area (TPSA) is 50.6 Å². The third-order valence-electron chi connectivity index (χ3n) is 6.25. The Bertz CT molecular complexity index is 1230. The van der Waals surface area contributed by atoms with E-state index < -0.39 is 0 Å². The molecule has 1 aliphatic rings. The van der Waals surface area contributed by atoms with Gasteiger partial charge in [-0.05, 0) is 35.4 Å². The van der Waals surface area contributed by atoms with Crippen LogP contribution in [0.15, 0.2) is 78.9 Å². The van der Waals surface area contributed by atoms with Crippen LogP contribution in [-0.2, 0) is 17.8 Å². The number of benzene rings is 3. The zero-order chi connectivity index (χ0) is 22.6. The van der Waals surface area contributed by atoms with Gasteiger partial charge >= 0.3 is 0 Å². The van der Waals surface area contributed by atoms with Crippen molar-refractivity contribution in [2.45, 2.75) is 13.0 Å². The molecular weight excluding hydrogens is 412 g/mol. The highest BCUT2D eigenvalue weighted by molar-refractivity contribution is 5.80. The molecule has 0 atom stereocenters. The summed E-state index contributed by atoms with van der Waals surface area (Å²) in [6.07, 6.45) is 0.413. The third-order valence-corrected chi connectivity index (χ3v) is 6.25. The van der Waals surface area contributed by atoms with Gasteiger partial charge < -0.3 is 19.1 Å². The number of anilines is 1. The average molecular weight is 441 g/mol. The van der Waals surface area contributed by atoms with Crippen LogP contribution in [0, 0.1) is 0 Å². The SMILES string of the molecule is COc1ccc(CC(=O)N2CCN(c3nc4ccccc4n3Cc3ccccc3)CC2)cc1. The number of ether oxygens (including phenoxy) is 1. The van der Waals surface area contributed by atoms with Crippen molar-refractivity contribution in [1.29, 1.82) is 0 Å². The second kappa shape index (κ2) is 9.36. The van der Waals surface area contributed by atoms with E-state index in [-0.39, 0.29) is 5.91 Å². The van der Waals surface area contributed by atoms with Gasteiger partial charge in [0.05, 0.1) is 31.1 Å². The molecule has 5 rings (SSSR count). The highest BCUT2D eigenvalue weighted by Crippen LogP contribution is 2.25. The second-order valence-electron chi connectivity index (χ2n) is 8.36. The van der Waals surface area contributed by atoms with Crippen molar-refractivity contribution in [3.8, 4) is 5.75 Å². The fourth-order valence-electron chi connectivity index (χ4n) is 4.41. The molecule has 1 amide bonds. The van der Waals surface area contributed by atoms with Gasteiger partial charge in [-0.25, -0.2) is 4.98 Å². The van der Waals surface area contributed by atoms with Gasteiger partial charge in [0, 0.05) is 26.2 Å². The van der Waals surface area contributed by atoms with Crippen molar-refractivity contribution < 1.29 is 9.53 Å². The Labute approximate surface area is 194 Å².